The molecule has 2 fully saturated rings. The van der Waals surface area contributed by atoms with Crippen molar-refractivity contribution in [1.82, 2.24) is 25.1 Å². The van der Waals surface area contributed by atoms with Crippen LogP contribution in [0.15, 0.2) is 60.8 Å². The summed E-state index contributed by atoms with van der Waals surface area (Å²) >= 11 is 0. The van der Waals surface area contributed by atoms with E-state index in [1.165, 1.54) is 24.6 Å². The summed E-state index contributed by atoms with van der Waals surface area (Å²) in [6, 6.07) is 14.7. The average Bonchev–Trinajstić information content (AvgIpc) is 3.69. The van der Waals surface area contributed by atoms with Crippen molar-refractivity contribution in [2.24, 2.45) is 0 Å². The van der Waals surface area contributed by atoms with E-state index >= 15 is 0 Å². The van der Waals surface area contributed by atoms with Gasteiger partial charge < -0.3 is 10.2 Å². The first kappa shape index (κ1) is 25.1. The van der Waals surface area contributed by atoms with Crippen LogP contribution in [0.3, 0.4) is 0 Å². The van der Waals surface area contributed by atoms with E-state index < -0.39 is 11.6 Å². The number of carbonyl (C=O) groups excluding carboxylic acids is 1. The minimum Gasteiger partial charge on any atom is -0.338 e. The standard InChI is InChI=1S/C29H29F2N7O/c30-22-7-8-23(24(31)16-22)26(39)15-19-1-3-20(4-2-19)18-37-11-13-38(14-12-37)29-32-10-9-27(34-29)33-28-17-25(35-36-28)21-5-6-21/h1-4,7-10,16-17,21H,5-6,11-15,18H2,(H2,32,33,34,35,36). The fraction of sp³-hybridized carbons (Fsp3) is 0.310. The zero-order chi connectivity index (χ0) is 26.8. The second-order valence-electron chi connectivity index (χ2n) is 10.2. The molecule has 1 saturated heterocycles. The lowest BCUT2D eigenvalue weighted by atomic mass is 10.0. The fourth-order valence-corrected chi connectivity index (χ4v) is 4.83. The normalized spacial score (nSPS) is 15.9. The maximum absolute atomic E-state index is 13.9. The first-order chi connectivity index (χ1) is 19.0. The lowest BCUT2D eigenvalue weighted by Gasteiger charge is -2.34. The van der Waals surface area contributed by atoms with E-state index in [1.54, 1.807) is 6.20 Å². The molecule has 0 unspecified atom stereocenters. The molecule has 0 bridgehead atoms. The molecule has 2 aromatic heterocycles. The molecule has 4 aromatic rings. The molecule has 0 amide bonds. The molecule has 0 atom stereocenters. The molecule has 39 heavy (non-hydrogen) atoms. The Kier molecular flexibility index (Phi) is 7.02. The van der Waals surface area contributed by atoms with Crippen LogP contribution in [0.25, 0.3) is 0 Å². The lowest BCUT2D eigenvalue weighted by Crippen LogP contribution is -2.46. The first-order valence-electron chi connectivity index (χ1n) is 13.2. The Morgan fingerprint density at radius 3 is 2.46 bits per heavy atom. The van der Waals surface area contributed by atoms with Crippen LogP contribution in [0.2, 0.25) is 0 Å². The Bertz CT molecular complexity index is 1460. The summed E-state index contributed by atoms with van der Waals surface area (Å²) in [5, 5.41) is 10.7. The summed E-state index contributed by atoms with van der Waals surface area (Å²) in [4.78, 5) is 26.2. The van der Waals surface area contributed by atoms with Crippen LogP contribution in [0.4, 0.5) is 26.4 Å². The number of H-pyrrole nitrogens is 1. The lowest BCUT2D eigenvalue weighted by molar-refractivity contribution is 0.0989. The Hall–Kier alpha value is -4.18. The number of rotatable bonds is 9. The van der Waals surface area contributed by atoms with Gasteiger partial charge in [-0.05, 0) is 42.2 Å². The number of benzene rings is 2. The van der Waals surface area contributed by atoms with Crippen molar-refractivity contribution in [3.05, 3.63) is 94.8 Å². The Balaban J connectivity index is 0.997. The number of Topliss-reactive ketones (excluding diaryl/α,β-unsaturated/α-hetero) is 1. The third-order valence-electron chi connectivity index (χ3n) is 7.19. The van der Waals surface area contributed by atoms with Crippen molar-refractivity contribution in [2.75, 3.05) is 36.4 Å². The van der Waals surface area contributed by atoms with E-state index in [9.17, 15) is 13.6 Å². The largest absolute Gasteiger partial charge is 0.338 e. The van der Waals surface area contributed by atoms with E-state index in [0.29, 0.717) is 11.9 Å². The van der Waals surface area contributed by atoms with Crippen LogP contribution >= 0.6 is 0 Å². The second kappa shape index (κ2) is 10.9. The van der Waals surface area contributed by atoms with Gasteiger partial charge in [0.05, 0.1) is 5.56 Å². The average molecular weight is 530 g/mol. The number of piperazine rings is 1. The molecule has 3 heterocycles. The predicted molar refractivity (Wildman–Crippen MR) is 144 cm³/mol. The van der Waals surface area contributed by atoms with E-state index in [2.05, 4.69) is 30.3 Å². The molecular weight excluding hydrogens is 500 g/mol. The van der Waals surface area contributed by atoms with E-state index in [1.807, 2.05) is 36.4 Å². The van der Waals surface area contributed by atoms with Crippen LogP contribution < -0.4 is 10.2 Å². The van der Waals surface area contributed by atoms with Gasteiger partial charge in [0.1, 0.15) is 17.5 Å². The number of nitrogens with one attached hydrogen (secondary N) is 2. The first-order valence-corrected chi connectivity index (χ1v) is 13.2. The maximum atomic E-state index is 13.9. The topological polar surface area (TPSA) is 90.0 Å². The molecule has 2 N–H and O–H groups in total. The quantitative estimate of drug-likeness (QED) is 0.300. The van der Waals surface area contributed by atoms with Crippen molar-refractivity contribution in [3.63, 3.8) is 0 Å². The van der Waals surface area contributed by atoms with Crippen LogP contribution in [0.1, 0.15) is 45.9 Å². The highest BCUT2D eigenvalue weighted by Crippen LogP contribution is 2.39. The number of ketones is 1. The number of nitrogens with zero attached hydrogens (tertiary/aromatic N) is 5. The summed E-state index contributed by atoms with van der Waals surface area (Å²) in [6.45, 7) is 4.16. The van der Waals surface area contributed by atoms with Crippen molar-refractivity contribution >= 4 is 23.4 Å². The molecular formula is C29H29F2N7O. The summed E-state index contributed by atoms with van der Waals surface area (Å²) in [5.74, 6) is 0.908. The van der Waals surface area contributed by atoms with E-state index in [-0.39, 0.29) is 17.8 Å². The SMILES string of the molecule is O=C(Cc1ccc(CN2CCN(c3nccc(Nc4cc(C5CC5)[nH]n4)n3)CC2)cc1)c1ccc(F)cc1F. The number of hydrogen-bond donors (Lipinski definition) is 2. The van der Waals surface area contributed by atoms with Crippen molar-refractivity contribution in [1.29, 1.82) is 0 Å². The zero-order valence-corrected chi connectivity index (χ0v) is 21.4. The van der Waals surface area contributed by atoms with E-state index in [4.69, 9.17) is 4.98 Å². The van der Waals surface area contributed by atoms with Gasteiger partial charge in [0.25, 0.3) is 0 Å². The predicted octanol–water partition coefficient (Wildman–Crippen LogP) is 4.85. The van der Waals surface area contributed by atoms with Gasteiger partial charge in [0.2, 0.25) is 5.95 Å². The van der Waals surface area contributed by atoms with Crippen LogP contribution in [0, 0.1) is 11.6 Å². The number of hydrogen-bond acceptors (Lipinski definition) is 7. The Morgan fingerprint density at radius 1 is 0.949 bits per heavy atom. The molecule has 10 heteroatoms. The minimum absolute atomic E-state index is 0.0667. The fourth-order valence-electron chi connectivity index (χ4n) is 4.83. The van der Waals surface area contributed by atoms with Gasteiger partial charge >= 0.3 is 0 Å². The van der Waals surface area contributed by atoms with Crippen molar-refractivity contribution in [2.45, 2.75) is 31.7 Å². The minimum atomic E-state index is -0.829. The third-order valence-corrected chi connectivity index (χ3v) is 7.19. The molecule has 2 aliphatic rings. The molecule has 1 aliphatic carbocycles. The number of carbonyl (C=O) groups is 1. The van der Waals surface area contributed by atoms with E-state index in [0.717, 1.165) is 67.6 Å². The molecule has 0 spiro atoms. The Labute approximate surface area is 225 Å². The third kappa shape index (κ3) is 6.12. The van der Waals surface area contributed by atoms with Crippen LogP contribution in [0.5, 0.6) is 0 Å². The zero-order valence-electron chi connectivity index (χ0n) is 21.4. The molecule has 2 aromatic carbocycles. The molecule has 1 aliphatic heterocycles. The van der Waals surface area contributed by atoms with Crippen molar-refractivity contribution < 1.29 is 13.6 Å². The Morgan fingerprint density at radius 2 is 1.72 bits per heavy atom. The number of anilines is 3. The molecule has 6 rings (SSSR count). The summed E-state index contributed by atoms with van der Waals surface area (Å²) in [7, 11) is 0. The monoisotopic (exact) mass is 529 g/mol. The van der Waals surface area contributed by atoms with Crippen molar-refractivity contribution in [3.8, 4) is 0 Å². The highest BCUT2D eigenvalue weighted by molar-refractivity contribution is 5.97. The number of aromatic amines is 1. The maximum Gasteiger partial charge on any atom is 0.227 e. The molecule has 200 valence electrons. The summed E-state index contributed by atoms with van der Waals surface area (Å²) in [6.07, 6.45) is 4.27. The highest BCUT2D eigenvalue weighted by atomic mass is 19.1. The number of halogens is 2. The van der Waals surface area contributed by atoms with Gasteiger partial charge in [-0.1, -0.05) is 24.3 Å². The van der Waals surface area contributed by atoms with Gasteiger partial charge in [-0.15, -0.1) is 0 Å². The molecule has 1 saturated carbocycles. The van der Waals surface area contributed by atoms with Gasteiger partial charge in [-0.25, -0.2) is 13.8 Å². The molecule has 8 nitrogen and oxygen atoms in total. The molecule has 0 radical (unpaired) electrons. The van der Waals surface area contributed by atoms with Gasteiger partial charge in [-0.2, -0.15) is 10.1 Å². The highest BCUT2D eigenvalue weighted by Gasteiger charge is 2.25. The van der Waals surface area contributed by atoms with Gasteiger partial charge in [0, 0.05) is 69.1 Å². The smallest absolute Gasteiger partial charge is 0.227 e. The van der Waals surface area contributed by atoms with Crippen LogP contribution in [-0.2, 0) is 13.0 Å². The second-order valence-corrected chi connectivity index (χ2v) is 10.2. The van der Waals surface area contributed by atoms with Gasteiger partial charge in [-0.3, -0.25) is 14.8 Å². The summed E-state index contributed by atoms with van der Waals surface area (Å²) < 4.78 is 27.0. The van der Waals surface area contributed by atoms with Crippen LogP contribution in [-0.4, -0.2) is 57.0 Å². The van der Waals surface area contributed by atoms with Gasteiger partial charge in [0.15, 0.2) is 11.6 Å². The number of aromatic nitrogens is 4. The summed E-state index contributed by atoms with van der Waals surface area (Å²) in [5.41, 5.74) is 3.01.